The Morgan fingerprint density at radius 3 is 2.24 bits per heavy atom. The van der Waals surface area contributed by atoms with Crippen LogP contribution in [-0.4, -0.2) is 25.4 Å². The minimum Gasteiger partial charge on any atom is -0.293 e. The molecule has 0 radical (unpaired) electrons. The summed E-state index contributed by atoms with van der Waals surface area (Å²) in [6.07, 6.45) is 1.61. The second-order valence-corrected chi connectivity index (χ2v) is 9.60. The van der Waals surface area contributed by atoms with Crippen LogP contribution >= 0.6 is 0 Å². The van der Waals surface area contributed by atoms with Gasteiger partial charge in [-0.05, 0) is 36.4 Å². The van der Waals surface area contributed by atoms with Gasteiger partial charge in [0, 0.05) is 23.2 Å². The first-order valence-electron chi connectivity index (χ1n) is 9.16. The van der Waals surface area contributed by atoms with Crippen molar-refractivity contribution >= 4 is 21.3 Å². The molecule has 4 rings (SSSR count). The summed E-state index contributed by atoms with van der Waals surface area (Å²) in [5.74, 6) is -0.0867. The molecule has 0 bridgehead atoms. The highest BCUT2D eigenvalue weighted by molar-refractivity contribution is 7.91. The Bertz CT molecular complexity index is 1260. The molecule has 6 nitrogen and oxygen atoms in total. The second kappa shape index (κ2) is 6.70. The number of benzene rings is 2. The van der Waals surface area contributed by atoms with E-state index >= 15 is 0 Å². The number of rotatable bonds is 3. The summed E-state index contributed by atoms with van der Waals surface area (Å²) in [7, 11) is -3.76. The number of Topliss-reactive ketones (excluding diaryl/α,β-unsaturated/α-hetero) is 1. The predicted molar refractivity (Wildman–Crippen MR) is 110 cm³/mol. The molecule has 7 heteroatoms. The summed E-state index contributed by atoms with van der Waals surface area (Å²) in [5.41, 5.74) is -0.203. The second-order valence-electron chi connectivity index (χ2n) is 7.65. The van der Waals surface area contributed by atoms with Crippen molar-refractivity contribution in [3.05, 3.63) is 88.8 Å². The zero-order valence-corrected chi connectivity index (χ0v) is 16.9. The molecule has 0 atom stereocenters. The van der Waals surface area contributed by atoms with Gasteiger partial charge in [-0.3, -0.25) is 14.6 Å². The molecule has 1 aromatic heterocycles. The molecule has 2 aromatic carbocycles. The molecular weight excluding hydrogens is 388 g/mol. The lowest BCUT2D eigenvalue weighted by molar-refractivity contribution is 0.0830. The lowest BCUT2D eigenvalue weighted by Crippen LogP contribution is -2.50. The van der Waals surface area contributed by atoms with E-state index in [0.717, 1.165) is 0 Å². The molecule has 0 aliphatic carbocycles. The van der Waals surface area contributed by atoms with Gasteiger partial charge in [-0.2, -0.15) is 0 Å². The van der Waals surface area contributed by atoms with Gasteiger partial charge in [0.25, 0.3) is 5.56 Å². The van der Waals surface area contributed by atoms with E-state index in [9.17, 15) is 18.0 Å². The van der Waals surface area contributed by atoms with Gasteiger partial charge in [-0.25, -0.2) is 13.1 Å². The number of carbonyl (C=O) groups is 1. The van der Waals surface area contributed by atoms with Crippen molar-refractivity contribution in [2.45, 2.75) is 23.6 Å². The molecule has 0 unspecified atom stereocenters. The monoisotopic (exact) mass is 408 g/mol. The normalized spacial score (nSPS) is 15.8. The number of ketones is 1. The lowest BCUT2D eigenvalue weighted by Gasteiger charge is -2.39. The predicted octanol–water partition coefficient (Wildman–Crippen LogP) is 3.17. The minimum atomic E-state index is -3.76. The van der Waals surface area contributed by atoms with Crippen LogP contribution in [0.3, 0.4) is 0 Å². The largest absolute Gasteiger partial charge is 0.293 e. The highest BCUT2D eigenvalue weighted by Crippen LogP contribution is 2.38. The average Bonchev–Trinajstić information content (AvgIpc) is 2.71. The molecule has 148 valence electrons. The molecule has 3 aromatic rings. The van der Waals surface area contributed by atoms with Crippen molar-refractivity contribution < 1.29 is 13.2 Å². The highest BCUT2D eigenvalue weighted by Gasteiger charge is 2.39. The first-order chi connectivity index (χ1) is 13.7. The van der Waals surface area contributed by atoms with Crippen molar-refractivity contribution in [2.75, 3.05) is 11.6 Å². The van der Waals surface area contributed by atoms with E-state index in [1.165, 1.54) is 41.1 Å². The number of carbonyl (C=O) groups excluding carboxylic acids is 1. The van der Waals surface area contributed by atoms with E-state index in [-0.39, 0.29) is 27.7 Å². The molecule has 2 heterocycles. The van der Waals surface area contributed by atoms with Crippen LogP contribution in [0, 0.1) is 5.41 Å². The number of nitrogens with zero attached hydrogens (tertiary/aromatic N) is 2. The average molecular weight is 408 g/mol. The van der Waals surface area contributed by atoms with E-state index in [2.05, 4.69) is 0 Å². The molecule has 0 N–H and O–H groups in total. The maximum atomic E-state index is 13.1. The number of sulfone groups is 1. The van der Waals surface area contributed by atoms with Gasteiger partial charge in [-0.15, -0.1) is 0 Å². The van der Waals surface area contributed by atoms with Crippen molar-refractivity contribution in [3.63, 3.8) is 0 Å². The SMILES string of the molecule is CC1(C)CN(n2ccccc2=O)c2cc(S(=O)(=O)c3ccccc3)ccc2C1=O. The van der Waals surface area contributed by atoms with E-state index in [0.29, 0.717) is 11.3 Å². The van der Waals surface area contributed by atoms with Gasteiger partial charge in [0.05, 0.1) is 22.0 Å². The summed E-state index contributed by atoms with van der Waals surface area (Å²) in [5, 5.41) is 1.67. The number of anilines is 1. The third kappa shape index (κ3) is 3.17. The summed E-state index contributed by atoms with van der Waals surface area (Å²) >= 11 is 0. The maximum Gasteiger partial charge on any atom is 0.269 e. The Balaban J connectivity index is 1.93. The Hall–Kier alpha value is -3.19. The summed E-state index contributed by atoms with van der Waals surface area (Å²) in [4.78, 5) is 25.7. The fourth-order valence-electron chi connectivity index (χ4n) is 3.53. The van der Waals surface area contributed by atoms with Gasteiger partial charge in [0.2, 0.25) is 9.84 Å². The Kier molecular flexibility index (Phi) is 4.42. The number of hydrogen-bond donors (Lipinski definition) is 0. The third-order valence-corrected chi connectivity index (χ3v) is 6.85. The molecule has 0 saturated carbocycles. The minimum absolute atomic E-state index is 0.0731. The molecule has 0 fully saturated rings. The van der Waals surface area contributed by atoms with Crippen LogP contribution in [0.1, 0.15) is 24.2 Å². The topological polar surface area (TPSA) is 76.5 Å². The maximum absolute atomic E-state index is 13.1. The van der Waals surface area contributed by atoms with Crippen molar-refractivity contribution in [3.8, 4) is 0 Å². The van der Waals surface area contributed by atoms with Crippen LogP contribution in [0.2, 0.25) is 0 Å². The van der Waals surface area contributed by atoms with Gasteiger partial charge >= 0.3 is 0 Å². The van der Waals surface area contributed by atoms with Gasteiger partial charge < -0.3 is 0 Å². The van der Waals surface area contributed by atoms with E-state index < -0.39 is 15.3 Å². The van der Waals surface area contributed by atoms with Gasteiger partial charge in [0.1, 0.15) is 0 Å². The third-order valence-electron chi connectivity index (χ3n) is 5.08. The zero-order valence-electron chi connectivity index (χ0n) is 16.1. The lowest BCUT2D eigenvalue weighted by atomic mass is 9.80. The summed E-state index contributed by atoms with van der Waals surface area (Å²) in [6, 6.07) is 17.4. The van der Waals surface area contributed by atoms with Crippen molar-refractivity contribution in [1.29, 1.82) is 0 Å². The molecule has 0 saturated heterocycles. The first-order valence-corrected chi connectivity index (χ1v) is 10.6. The molecule has 1 aliphatic heterocycles. The Morgan fingerprint density at radius 1 is 0.862 bits per heavy atom. The van der Waals surface area contributed by atoms with Gasteiger partial charge in [-0.1, -0.05) is 38.1 Å². The quantitative estimate of drug-likeness (QED) is 0.665. The highest BCUT2D eigenvalue weighted by atomic mass is 32.2. The number of pyridine rings is 1. The standard InChI is InChI=1S/C22H20N2O4S/c1-22(2)15-24(23-13-7-6-10-20(23)25)19-14-17(11-12-18(19)21(22)26)29(27,28)16-8-4-3-5-9-16/h3-14H,15H2,1-2H3. The van der Waals surface area contributed by atoms with E-state index in [4.69, 9.17) is 0 Å². The zero-order chi connectivity index (χ0) is 20.8. The van der Waals surface area contributed by atoms with Crippen LogP contribution in [0.25, 0.3) is 0 Å². The van der Waals surface area contributed by atoms with E-state index in [1.54, 1.807) is 41.5 Å². The summed E-state index contributed by atoms with van der Waals surface area (Å²) in [6.45, 7) is 3.87. The van der Waals surface area contributed by atoms with Crippen LogP contribution in [0.15, 0.2) is 87.5 Å². The fourth-order valence-corrected chi connectivity index (χ4v) is 4.83. The molecule has 29 heavy (non-hydrogen) atoms. The van der Waals surface area contributed by atoms with Crippen LogP contribution in [0.5, 0.6) is 0 Å². The first kappa shape index (κ1) is 19.1. The fraction of sp³-hybridized carbons (Fsp3) is 0.182. The van der Waals surface area contributed by atoms with Crippen LogP contribution in [0.4, 0.5) is 5.69 Å². The Morgan fingerprint density at radius 2 is 1.55 bits per heavy atom. The summed E-state index contributed by atoms with van der Waals surface area (Å²) < 4.78 is 27.5. The van der Waals surface area contributed by atoms with Crippen LogP contribution < -0.4 is 10.6 Å². The van der Waals surface area contributed by atoms with Gasteiger partial charge in [0.15, 0.2) is 5.78 Å². The Labute approximate surface area is 168 Å². The number of aromatic nitrogens is 1. The van der Waals surface area contributed by atoms with Crippen molar-refractivity contribution in [2.24, 2.45) is 5.41 Å². The molecule has 0 spiro atoms. The molecular formula is C22H20N2O4S. The number of hydrogen-bond acceptors (Lipinski definition) is 5. The van der Waals surface area contributed by atoms with Crippen molar-refractivity contribution in [1.82, 2.24) is 4.68 Å². The van der Waals surface area contributed by atoms with Crippen LogP contribution in [-0.2, 0) is 9.84 Å². The van der Waals surface area contributed by atoms with E-state index in [1.807, 2.05) is 13.8 Å². The molecule has 1 aliphatic rings. The number of fused-ring (bicyclic) bond motifs is 1. The smallest absolute Gasteiger partial charge is 0.269 e. The molecule has 0 amide bonds.